The predicted octanol–water partition coefficient (Wildman–Crippen LogP) is 3.88. The molecule has 0 amide bonds. The molecule has 1 aromatic carbocycles. The minimum Gasteiger partial charge on any atom is -0.478 e. The van der Waals surface area contributed by atoms with Crippen LogP contribution in [0.15, 0.2) is 24.3 Å². The van der Waals surface area contributed by atoms with Gasteiger partial charge in [0.05, 0.1) is 5.56 Å². The molecule has 2 aromatic rings. The van der Waals surface area contributed by atoms with Gasteiger partial charge in [-0.15, -0.1) is 0 Å². The van der Waals surface area contributed by atoms with Crippen molar-refractivity contribution in [3.8, 4) is 11.3 Å². The molecule has 104 valence electrons. The van der Waals surface area contributed by atoms with Crippen molar-refractivity contribution in [1.82, 2.24) is 4.57 Å². The lowest BCUT2D eigenvalue weighted by molar-refractivity contribution is 0.0695. The van der Waals surface area contributed by atoms with Crippen LogP contribution in [0.2, 0.25) is 0 Å². The van der Waals surface area contributed by atoms with Gasteiger partial charge in [0.25, 0.3) is 0 Å². The fraction of sp³-hybridized carbons (Fsp3) is 0.353. The second kappa shape index (κ2) is 4.51. The maximum absolute atomic E-state index is 11.5. The molecule has 0 unspecified atom stereocenters. The smallest absolute Gasteiger partial charge is 0.337 e. The minimum atomic E-state index is -0.821. The third-order valence-electron chi connectivity index (χ3n) is 4.13. The van der Waals surface area contributed by atoms with E-state index in [1.165, 1.54) is 11.1 Å². The molecule has 3 nitrogen and oxygen atoms in total. The van der Waals surface area contributed by atoms with Gasteiger partial charge in [-0.1, -0.05) is 23.8 Å². The Balaban J connectivity index is 2.19. The molecule has 1 aromatic heterocycles. The number of aryl methyl sites for hydroxylation is 2. The summed E-state index contributed by atoms with van der Waals surface area (Å²) >= 11 is 0. The van der Waals surface area contributed by atoms with Crippen molar-refractivity contribution in [2.75, 3.05) is 0 Å². The van der Waals surface area contributed by atoms with Gasteiger partial charge in [-0.25, -0.2) is 4.79 Å². The summed E-state index contributed by atoms with van der Waals surface area (Å²) in [7, 11) is 1.98. The Morgan fingerprint density at radius 2 is 1.95 bits per heavy atom. The predicted molar refractivity (Wildman–Crippen MR) is 79.3 cm³/mol. The normalized spacial score (nSPS) is 14.6. The molecular weight excluding hydrogens is 250 g/mol. The first-order chi connectivity index (χ1) is 9.49. The Hall–Kier alpha value is -2.03. The summed E-state index contributed by atoms with van der Waals surface area (Å²) in [6.45, 7) is 4.15. The summed E-state index contributed by atoms with van der Waals surface area (Å²) in [6.07, 6.45) is 2.20. The third kappa shape index (κ3) is 2.03. The summed E-state index contributed by atoms with van der Waals surface area (Å²) in [4.78, 5) is 11.5. The second-order valence-corrected chi connectivity index (χ2v) is 5.79. The zero-order chi connectivity index (χ0) is 14.4. The van der Waals surface area contributed by atoms with E-state index < -0.39 is 5.97 Å². The fourth-order valence-corrected chi connectivity index (χ4v) is 3.00. The van der Waals surface area contributed by atoms with Gasteiger partial charge in [0.2, 0.25) is 0 Å². The van der Waals surface area contributed by atoms with Crippen molar-refractivity contribution in [3.05, 3.63) is 46.6 Å². The first kappa shape index (κ1) is 13.0. The summed E-state index contributed by atoms with van der Waals surface area (Å²) in [5.41, 5.74) is 5.97. The first-order valence-electron chi connectivity index (χ1n) is 6.99. The number of aromatic nitrogens is 1. The summed E-state index contributed by atoms with van der Waals surface area (Å²) in [5, 5.41) is 9.43. The number of carbonyl (C=O) groups is 1. The van der Waals surface area contributed by atoms with Crippen LogP contribution in [0.1, 0.15) is 45.9 Å². The largest absolute Gasteiger partial charge is 0.478 e. The average molecular weight is 269 g/mol. The molecule has 1 N–H and O–H groups in total. The number of hydrogen-bond acceptors (Lipinski definition) is 1. The van der Waals surface area contributed by atoms with Crippen molar-refractivity contribution in [1.29, 1.82) is 0 Å². The second-order valence-electron chi connectivity index (χ2n) is 5.79. The lowest BCUT2D eigenvalue weighted by Crippen LogP contribution is -2.03. The van der Waals surface area contributed by atoms with Gasteiger partial charge in [0, 0.05) is 29.9 Å². The summed E-state index contributed by atoms with van der Waals surface area (Å²) in [5.74, 6) is -0.399. The number of carboxylic acid groups (broad SMARTS) is 1. The van der Waals surface area contributed by atoms with E-state index in [1.54, 1.807) is 0 Å². The first-order valence-corrected chi connectivity index (χ1v) is 6.99. The van der Waals surface area contributed by atoms with Gasteiger partial charge in [0.1, 0.15) is 0 Å². The van der Waals surface area contributed by atoms with Crippen LogP contribution < -0.4 is 0 Å². The quantitative estimate of drug-likeness (QED) is 0.918. The van der Waals surface area contributed by atoms with Gasteiger partial charge in [0.15, 0.2) is 0 Å². The van der Waals surface area contributed by atoms with Crippen molar-refractivity contribution >= 4 is 5.97 Å². The Labute approximate surface area is 118 Å². The molecule has 1 fully saturated rings. The summed E-state index contributed by atoms with van der Waals surface area (Å²) in [6, 6.07) is 8.13. The Morgan fingerprint density at radius 3 is 2.50 bits per heavy atom. The third-order valence-corrected chi connectivity index (χ3v) is 4.13. The molecule has 0 aliphatic heterocycles. The van der Waals surface area contributed by atoms with Crippen LogP contribution in [0.3, 0.4) is 0 Å². The van der Waals surface area contributed by atoms with Gasteiger partial charge < -0.3 is 9.67 Å². The molecule has 0 atom stereocenters. The van der Waals surface area contributed by atoms with Crippen LogP contribution in [0.5, 0.6) is 0 Å². The highest BCUT2D eigenvalue weighted by molar-refractivity contribution is 5.92. The van der Waals surface area contributed by atoms with Crippen LogP contribution in [0.4, 0.5) is 0 Å². The molecule has 3 heteroatoms. The van der Waals surface area contributed by atoms with Crippen LogP contribution in [-0.2, 0) is 7.05 Å². The maximum Gasteiger partial charge on any atom is 0.337 e. The van der Waals surface area contributed by atoms with E-state index in [2.05, 4.69) is 36.6 Å². The van der Waals surface area contributed by atoms with Crippen LogP contribution in [0.25, 0.3) is 11.3 Å². The topological polar surface area (TPSA) is 42.2 Å². The molecule has 0 saturated heterocycles. The Bertz CT molecular complexity index is 693. The number of benzene rings is 1. The standard InChI is InChI=1S/C17H19NO2/c1-10-4-7-13(11(2)8-10)15-9-14(17(19)20)16(18(15)3)12-5-6-12/h4,7-9,12H,5-6H2,1-3H3,(H,19,20). The van der Waals surface area contributed by atoms with Gasteiger partial charge in [-0.2, -0.15) is 0 Å². The molecule has 0 spiro atoms. The van der Waals surface area contributed by atoms with Gasteiger partial charge in [-0.3, -0.25) is 0 Å². The van der Waals surface area contributed by atoms with Crippen molar-refractivity contribution < 1.29 is 9.90 Å². The molecule has 1 aliphatic rings. The number of carboxylic acids is 1. The molecular formula is C17H19NO2. The maximum atomic E-state index is 11.5. The molecule has 20 heavy (non-hydrogen) atoms. The van der Waals surface area contributed by atoms with E-state index in [0.717, 1.165) is 29.8 Å². The van der Waals surface area contributed by atoms with Crippen LogP contribution in [0, 0.1) is 13.8 Å². The molecule has 1 heterocycles. The molecule has 0 bridgehead atoms. The van der Waals surface area contributed by atoms with Crippen LogP contribution in [-0.4, -0.2) is 15.6 Å². The van der Waals surface area contributed by atoms with E-state index in [9.17, 15) is 9.90 Å². The van der Waals surface area contributed by atoms with E-state index in [4.69, 9.17) is 0 Å². The van der Waals surface area contributed by atoms with Crippen LogP contribution >= 0.6 is 0 Å². The van der Waals surface area contributed by atoms with Gasteiger partial charge in [-0.05, 0) is 38.3 Å². The molecule has 3 rings (SSSR count). The molecule has 1 aliphatic carbocycles. The van der Waals surface area contributed by atoms with Crippen molar-refractivity contribution in [2.45, 2.75) is 32.6 Å². The zero-order valence-corrected chi connectivity index (χ0v) is 12.1. The number of nitrogens with zero attached hydrogens (tertiary/aromatic N) is 1. The van der Waals surface area contributed by atoms with Crippen molar-refractivity contribution in [2.24, 2.45) is 7.05 Å². The average Bonchev–Trinajstić information content (AvgIpc) is 3.14. The number of hydrogen-bond donors (Lipinski definition) is 1. The lowest BCUT2D eigenvalue weighted by atomic mass is 10.0. The fourth-order valence-electron chi connectivity index (χ4n) is 3.00. The highest BCUT2D eigenvalue weighted by Gasteiger charge is 2.32. The summed E-state index contributed by atoms with van der Waals surface area (Å²) < 4.78 is 2.07. The Morgan fingerprint density at radius 1 is 1.25 bits per heavy atom. The molecule has 1 saturated carbocycles. The lowest BCUT2D eigenvalue weighted by Gasteiger charge is -2.10. The SMILES string of the molecule is Cc1ccc(-c2cc(C(=O)O)c(C3CC3)n2C)c(C)c1. The molecule has 0 radical (unpaired) electrons. The van der Waals surface area contributed by atoms with E-state index >= 15 is 0 Å². The van der Waals surface area contributed by atoms with Crippen molar-refractivity contribution in [3.63, 3.8) is 0 Å². The highest BCUT2D eigenvalue weighted by atomic mass is 16.4. The minimum absolute atomic E-state index is 0.422. The monoisotopic (exact) mass is 269 g/mol. The van der Waals surface area contributed by atoms with E-state index in [-0.39, 0.29) is 0 Å². The highest BCUT2D eigenvalue weighted by Crippen LogP contribution is 2.44. The Kier molecular flexibility index (Phi) is 2.93. The van der Waals surface area contributed by atoms with E-state index in [0.29, 0.717) is 11.5 Å². The zero-order valence-electron chi connectivity index (χ0n) is 12.1. The van der Waals surface area contributed by atoms with E-state index in [1.807, 2.05) is 13.1 Å². The number of aromatic carboxylic acids is 1. The number of rotatable bonds is 3. The van der Waals surface area contributed by atoms with Gasteiger partial charge >= 0.3 is 5.97 Å².